The molecule has 664 valence electrons. The smallest absolute Gasteiger partial charge is 0.457 e. The van der Waals surface area contributed by atoms with Gasteiger partial charge in [-0.3, -0.25) is 19.7 Å². The van der Waals surface area contributed by atoms with Crippen molar-refractivity contribution < 1.29 is 95.5 Å². The van der Waals surface area contributed by atoms with Crippen molar-refractivity contribution in [1.82, 2.24) is 59.0 Å². The molecule has 1 aliphatic heterocycles. The van der Waals surface area contributed by atoms with E-state index in [2.05, 4.69) is 49.8 Å². The van der Waals surface area contributed by atoms with Crippen molar-refractivity contribution in [2.24, 2.45) is 5.41 Å². The fourth-order valence-electron chi connectivity index (χ4n) is 11.9. The first-order valence-corrected chi connectivity index (χ1v) is 38.4. The number of ether oxygens (including phenoxy) is 4. The standard InChI is InChI=1S/C28H23BF6N2O4.C28H19F6N5O2.C15H22ClN3O4.C5H3Cl2N3O2.C5H6ClN3/c1-15(24-20(31)9-16(30)10-21(24)32)37-14-36-26(38)18-11-17(7-8-22(18)37)41-23-6-4-5-19(25(23)28(33,34)35)29-39-12-27(2,3)13-40-29;1-13-21(35)11-36-26(38-13)17-4-3-5-23(25(17)28(32,33)34)41-16-6-7-22-18(10-16)27(40)37-12-39(22)14(2)24-19(30)8-15(29)9-20(24)31;1-9-10(8-17-11(16)18-9)19(12(20)22-14(2,3)4)13(21)23-15(5,6)7;1-2-3(10(11)12)4(6)9-5(7)8-2;1-3-4(7)2-8-5(6)9-3/h4-11,14-15H,12-13H2,1-3H3;3-12,14H,35H2,1-2H3;8H,1-7H3;1H3;2H,7H2,1H3/t15-;14-;;;/m11.../s1. The summed E-state index contributed by atoms with van der Waals surface area (Å²) in [6, 6.07) is 15.0. The molecule has 28 nitrogen and oxygen atoms in total. The summed E-state index contributed by atoms with van der Waals surface area (Å²) < 4.78 is 206. The predicted octanol–water partition coefficient (Wildman–Crippen LogP) is 19.7. The average Bonchev–Trinajstić information content (AvgIpc) is 0.770. The van der Waals surface area contributed by atoms with Gasteiger partial charge in [-0.25, -0.2) is 70.8 Å². The average molecular weight is 1840 g/mol. The third kappa shape index (κ3) is 24.4. The monoisotopic (exact) mass is 1840 g/mol. The number of amides is 2. The van der Waals surface area contributed by atoms with Gasteiger partial charge in [-0.15, -0.1) is 0 Å². The first kappa shape index (κ1) is 97.4. The van der Waals surface area contributed by atoms with E-state index >= 15 is 0 Å². The van der Waals surface area contributed by atoms with Gasteiger partial charge in [0.1, 0.15) is 80.4 Å². The van der Waals surface area contributed by atoms with Crippen molar-refractivity contribution in [1.29, 1.82) is 0 Å². The van der Waals surface area contributed by atoms with Crippen LogP contribution in [0.2, 0.25) is 21.0 Å². The zero-order valence-electron chi connectivity index (χ0n) is 68.6. The van der Waals surface area contributed by atoms with E-state index in [9.17, 15) is 82.0 Å². The Kier molecular flexibility index (Phi) is 30.5. The Bertz CT molecular complexity index is 6170. The maximum atomic E-state index is 14.5. The second-order valence-corrected chi connectivity index (χ2v) is 31.6. The lowest BCUT2D eigenvalue weighted by Gasteiger charge is -2.34. The summed E-state index contributed by atoms with van der Waals surface area (Å²) >= 11 is 22.0. The number of rotatable bonds is 12. The number of halogens is 16. The van der Waals surface area contributed by atoms with E-state index < -0.39 is 140 Å². The van der Waals surface area contributed by atoms with Crippen LogP contribution in [0.15, 0.2) is 138 Å². The highest BCUT2D eigenvalue weighted by Crippen LogP contribution is 2.45. The van der Waals surface area contributed by atoms with Crippen molar-refractivity contribution >= 4 is 116 Å². The molecule has 6 aromatic carbocycles. The third-order valence-corrected chi connectivity index (χ3v) is 18.5. The molecule has 0 bridgehead atoms. The molecule has 2 atom stereocenters. The Morgan fingerprint density at radius 1 is 0.556 bits per heavy atom. The Morgan fingerprint density at radius 2 is 0.968 bits per heavy atom. The van der Waals surface area contributed by atoms with Gasteiger partial charge in [0.25, 0.3) is 11.1 Å². The molecular formula is C81H73BCl4F12N16O12. The number of imide groups is 1. The lowest BCUT2D eigenvalue weighted by Crippen LogP contribution is -2.49. The number of alkyl halides is 6. The van der Waals surface area contributed by atoms with E-state index in [0.717, 1.165) is 35.4 Å². The van der Waals surface area contributed by atoms with Gasteiger partial charge in [0.15, 0.2) is 5.82 Å². The first-order valence-electron chi connectivity index (χ1n) is 36.9. The molecule has 13 rings (SSSR count). The van der Waals surface area contributed by atoms with E-state index in [-0.39, 0.29) is 113 Å². The molecular weight excluding hydrogens is 1770 g/mol. The Hall–Kier alpha value is -12.4. The molecule has 2 amide bonds. The summed E-state index contributed by atoms with van der Waals surface area (Å²) in [5.41, 5.74) is 6.39. The van der Waals surface area contributed by atoms with Crippen LogP contribution in [0.3, 0.4) is 0 Å². The van der Waals surface area contributed by atoms with E-state index in [4.69, 9.17) is 86.1 Å². The highest BCUT2D eigenvalue weighted by molar-refractivity contribution is 6.62. The number of fused-ring (bicyclic) bond motifs is 2. The zero-order valence-corrected chi connectivity index (χ0v) is 71.7. The SMILES string of the molecule is C[C@H](c1c(F)cc(F)cc1F)n1cnc(=O)c2cc(Oc3cccc(B4OCC(C)(C)CO4)c3C(F)(F)F)ccc21.Cc1nc(-c2cccc(Oc3ccc4c(c3)c(=O)ncn4[C@H](C)c3c(F)cc(F)cc3F)c2C(F)(F)F)ncc1N.Cc1nc(Cl)nc(Cl)c1[N+](=O)[O-].Cc1nc(Cl)ncc1N.Cc1nc(Cl)ncc1N(C(=O)OC(C)(C)C)C(=O)OC(C)(C)C. The number of nitrogens with zero attached hydrogens (tertiary/aromatic N) is 14. The maximum absolute atomic E-state index is 14.5. The van der Waals surface area contributed by atoms with Crippen LogP contribution in [-0.4, -0.2) is 108 Å². The maximum Gasteiger partial charge on any atom is 0.494 e. The van der Waals surface area contributed by atoms with Crippen LogP contribution in [0.4, 0.5) is 85.0 Å². The number of aryl methyl sites for hydroxylation is 4. The highest BCUT2D eigenvalue weighted by Gasteiger charge is 2.45. The van der Waals surface area contributed by atoms with Crippen molar-refractivity contribution in [2.45, 2.75) is 133 Å². The van der Waals surface area contributed by atoms with Gasteiger partial charge in [0, 0.05) is 59.6 Å². The van der Waals surface area contributed by atoms with Gasteiger partial charge in [-0.05, 0) is 172 Å². The van der Waals surface area contributed by atoms with Gasteiger partial charge in [-0.1, -0.05) is 49.7 Å². The number of hydrogen-bond acceptors (Lipinski definition) is 24. The topological polar surface area (TPSA) is 361 Å². The predicted molar refractivity (Wildman–Crippen MR) is 443 cm³/mol. The molecule has 1 aliphatic rings. The van der Waals surface area contributed by atoms with Crippen LogP contribution >= 0.6 is 46.4 Å². The minimum Gasteiger partial charge on any atom is -0.457 e. The molecule has 0 saturated carbocycles. The van der Waals surface area contributed by atoms with Crippen LogP contribution in [-0.2, 0) is 31.1 Å². The lowest BCUT2D eigenvalue weighted by atomic mass is 9.73. The van der Waals surface area contributed by atoms with Crippen LogP contribution in [0.25, 0.3) is 33.2 Å². The lowest BCUT2D eigenvalue weighted by molar-refractivity contribution is -0.385. The van der Waals surface area contributed by atoms with Crippen molar-refractivity contribution in [2.75, 3.05) is 29.6 Å². The molecule has 0 radical (unpaired) electrons. The Labute approximate surface area is 728 Å². The molecule has 12 aromatic rings. The number of aromatic nitrogens is 12. The molecule has 7 heterocycles. The van der Waals surface area contributed by atoms with E-state index in [0.29, 0.717) is 41.3 Å². The van der Waals surface area contributed by atoms with Gasteiger partial charge < -0.3 is 48.9 Å². The van der Waals surface area contributed by atoms with Crippen molar-refractivity contribution in [3.63, 3.8) is 0 Å². The largest absolute Gasteiger partial charge is 0.494 e. The van der Waals surface area contributed by atoms with Crippen LogP contribution in [0.5, 0.6) is 23.0 Å². The molecule has 0 unspecified atom stereocenters. The van der Waals surface area contributed by atoms with Crippen LogP contribution < -0.4 is 42.4 Å². The number of nitro groups is 1. The number of benzene rings is 6. The minimum atomic E-state index is -4.88. The fourth-order valence-corrected chi connectivity index (χ4v) is 12.8. The summed E-state index contributed by atoms with van der Waals surface area (Å²) in [6.45, 7) is 23.5. The van der Waals surface area contributed by atoms with E-state index in [1.54, 1.807) is 55.4 Å². The number of carbonyl (C=O) groups is 2. The molecule has 1 fully saturated rings. The van der Waals surface area contributed by atoms with Crippen LogP contribution in [0, 0.1) is 78.1 Å². The molecule has 45 heteroatoms. The van der Waals surface area contributed by atoms with Gasteiger partial charge in [-0.2, -0.15) is 46.2 Å². The number of anilines is 3. The summed E-state index contributed by atoms with van der Waals surface area (Å²) in [5, 5.41) is 10.1. The molecule has 1 saturated heterocycles. The first-order chi connectivity index (χ1) is 58.6. The van der Waals surface area contributed by atoms with Crippen molar-refractivity contribution in [3.05, 3.63) is 260 Å². The van der Waals surface area contributed by atoms with Crippen molar-refractivity contribution in [3.8, 4) is 34.4 Å². The number of carbonyl (C=O) groups excluding carboxylic acids is 2. The van der Waals surface area contributed by atoms with Gasteiger partial charge in [0.05, 0.1) is 110 Å². The number of nitrogens with two attached hydrogens (primary N) is 2. The summed E-state index contributed by atoms with van der Waals surface area (Å²) in [6.07, 6.45) is -5.35. The molecule has 0 spiro atoms. The van der Waals surface area contributed by atoms with Crippen LogP contribution in [0.1, 0.15) is 126 Å². The molecule has 126 heavy (non-hydrogen) atoms. The molecule has 0 aliphatic carbocycles. The third-order valence-electron chi connectivity index (χ3n) is 17.7. The fraction of sp³-hybridized carbons (Fsp3) is 0.284. The minimum absolute atomic E-state index is 0.0135. The summed E-state index contributed by atoms with van der Waals surface area (Å²) in [5.74, 6) is -8.31. The number of hydrogen-bond donors (Lipinski definition) is 2. The van der Waals surface area contributed by atoms with Gasteiger partial charge >= 0.3 is 37.3 Å². The zero-order chi connectivity index (χ0) is 93.5. The summed E-state index contributed by atoms with van der Waals surface area (Å²) in [7, 11) is -1.26. The Morgan fingerprint density at radius 3 is 1.37 bits per heavy atom. The van der Waals surface area contributed by atoms with E-state index in [1.807, 2.05) is 13.8 Å². The summed E-state index contributed by atoms with van der Waals surface area (Å²) in [4.78, 5) is 98.3. The van der Waals surface area contributed by atoms with E-state index in [1.165, 1.54) is 116 Å². The number of nitrogen functional groups attached to an aromatic ring is 2. The second kappa shape index (κ2) is 39.4. The highest BCUT2D eigenvalue weighted by atomic mass is 35.5. The molecule has 4 N–H and O–H groups in total. The quantitative estimate of drug-likeness (QED) is 0.0286. The second-order valence-electron chi connectivity index (χ2n) is 30.2. The molecule has 6 aromatic heterocycles. The Balaban J connectivity index is 0.000000196. The van der Waals surface area contributed by atoms with Gasteiger partial charge in [0.2, 0.25) is 21.0 Å². The normalized spacial score (nSPS) is 13.1.